The van der Waals surface area contributed by atoms with Crippen molar-refractivity contribution in [3.63, 3.8) is 0 Å². The Bertz CT molecular complexity index is 411. The Morgan fingerprint density at radius 2 is 2.32 bits per heavy atom. The molecular formula is C15H23FN2O. The highest BCUT2D eigenvalue weighted by atomic mass is 19.1. The summed E-state index contributed by atoms with van der Waals surface area (Å²) >= 11 is 0. The van der Waals surface area contributed by atoms with Gasteiger partial charge < -0.3 is 10.1 Å². The number of nitrogens with one attached hydrogen (secondary N) is 1. The number of hydrogen-bond donors (Lipinski definition) is 1. The van der Waals surface area contributed by atoms with Crippen LogP contribution in [0.3, 0.4) is 0 Å². The largest absolute Gasteiger partial charge is 0.376 e. The number of nitrogens with zero attached hydrogens (tertiary/aromatic N) is 1. The minimum atomic E-state index is -0.112. The summed E-state index contributed by atoms with van der Waals surface area (Å²) in [6, 6.07) is 5.37. The molecule has 0 spiro atoms. The van der Waals surface area contributed by atoms with E-state index in [1.807, 2.05) is 19.2 Å². The molecule has 106 valence electrons. The number of morpholine rings is 1. The van der Waals surface area contributed by atoms with E-state index in [2.05, 4.69) is 17.1 Å². The Kier molecular flexibility index (Phi) is 5.31. The van der Waals surface area contributed by atoms with Gasteiger partial charge in [0.15, 0.2) is 0 Å². The first kappa shape index (κ1) is 14.4. The SMILES string of the molecule is CCC1CN(Cc2cc(CNC)ccc2F)CCO1. The van der Waals surface area contributed by atoms with Crippen LogP contribution in [0.1, 0.15) is 24.5 Å². The standard InChI is InChI=1S/C15H23FN2O/c1-3-14-11-18(6-7-19-14)10-13-8-12(9-17-2)4-5-15(13)16/h4-5,8,14,17H,3,6-7,9-11H2,1-2H3. The van der Waals surface area contributed by atoms with E-state index in [1.54, 1.807) is 6.07 Å². The van der Waals surface area contributed by atoms with Crippen molar-refractivity contribution in [2.24, 2.45) is 0 Å². The predicted octanol–water partition coefficient (Wildman–Crippen LogP) is 2.16. The lowest BCUT2D eigenvalue weighted by Crippen LogP contribution is -2.41. The van der Waals surface area contributed by atoms with E-state index in [0.29, 0.717) is 6.54 Å². The van der Waals surface area contributed by atoms with E-state index >= 15 is 0 Å². The predicted molar refractivity (Wildman–Crippen MR) is 74.5 cm³/mol. The fraction of sp³-hybridized carbons (Fsp3) is 0.600. The summed E-state index contributed by atoms with van der Waals surface area (Å²) in [4.78, 5) is 2.28. The number of rotatable bonds is 5. The van der Waals surface area contributed by atoms with Gasteiger partial charge in [-0.2, -0.15) is 0 Å². The average Bonchev–Trinajstić information content (AvgIpc) is 2.43. The summed E-state index contributed by atoms with van der Waals surface area (Å²) in [6.45, 7) is 6.09. The van der Waals surface area contributed by atoms with Crippen LogP contribution >= 0.6 is 0 Å². The molecule has 1 atom stereocenters. The lowest BCUT2D eigenvalue weighted by Gasteiger charge is -2.32. The number of hydrogen-bond acceptors (Lipinski definition) is 3. The van der Waals surface area contributed by atoms with Gasteiger partial charge in [0.25, 0.3) is 0 Å². The molecule has 4 heteroatoms. The third-order valence-corrected chi connectivity index (χ3v) is 3.56. The normalized spacial score (nSPS) is 20.7. The van der Waals surface area contributed by atoms with E-state index in [4.69, 9.17) is 4.74 Å². The Hall–Kier alpha value is -0.970. The molecule has 1 aliphatic rings. The van der Waals surface area contributed by atoms with Crippen molar-refractivity contribution in [2.45, 2.75) is 32.5 Å². The molecule has 1 fully saturated rings. The van der Waals surface area contributed by atoms with Gasteiger partial charge in [-0.3, -0.25) is 4.90 Å². The third-order valence-electron chi connectivity index (χ3n) is 3.56. The van der Waals surface area contributed by atoms with Gasteiger partial charge in [0.2, 0.25) is 0 Å². The summed E-state index contributed by atoms with van der Waals surface area (Å²) in [7, 11) is 1.90. The zero-order chi connectivity index (χ0) is 13.7. The third kappa shape index (κ3) is 4.00. The Balaban J connectivity index is 2.03. The van der Waals surface area contributed by atoms with Gasteiger partial charge in [-0.25, -0.2) is 4.39 Å². The molecule has 0 aromatic heterocycles. The maximum Gasteiger partial charge on any atom is 0.127 e. The Morgan fingerprint density at radius 3 is 3.05 bits per heavy atom. The molecule has 3 nitrogen and oxygen atoms in total. The number of halogens is 1. The van der Waals surface area contributed by atoms with Crippen molar-refractivity contribution in [1.82, 2.24) is 10.2 Å². The van der Waals surface area contributed by atoms with Crippen LogP contribution in [-0.4, -0.2) is 37.7 Å². The van der Waals surface area contributed by atoms with Crippen LogP contribution in [0, 0.1) is 5.82 Å². The summed E-state index contributed by atoms with van der Waals surface area (Å²) < 4.78 is 19.5. The zero-order valence-corrected chi connectivity index (χ0v) is 11.8. The van der Waals surface area contributed by atoms with Gasteiger partial charge in [0.05, 0.1) is 12.7 Å². The van der Waals surface area contributed by atoms with Crippen molar-refractivity contribution in [2.75, 3.05) is 26.7 Å². The summed E-state index contributed by atoms with van der Waals surface area (Å²) in [5.74, 6) is -0.112. The van der Waals surface area contributed by atoms with Gasteiger partial charge in [0, 0.05) is 31.7 Å². The first-order valence-corrected chi connectivity index (χ1v) is 6.98. The van der Waals surface area contributed by atoms with Crippen LogP contribution in [-0.2, 0) is 17.8 Å². The molecule has 1 aromatic carbocycles. The first-order valence-electron chi connectivity index (χ1n) is 6.98. The van der Waals surface area contributed by atoms with Gasteiger partial charge >= 0.3 is 0 Å². The van der Waals surface area contributed by atoms with Gasteiger partial charge in [-0.05, 0) is 25.1 Å². The van der Waals surface area contributed by atoms with Crippen molar-refractivity contribution in [3.05, 3.63) is 35.1 Å². The Morgan fingerprint density at radius 1 is 1.47 bits per heavy atom. The summed E-state index contributed by atoms with van der Waals surface area (Å²) in [6.07, 6.45) is 1.30. The maximum atomic E-state index is 13.9. The lowest BCUT2D eigenvalue weighted by atomic mass is 10.1. The van der Waals surface area contributed by atoms with Crippen molar-refractivity contribution < 1.29 is 9.13 Å². The zero-order valence-electron chi connectivity index (χ0n) is 11.8. The smallest absolute Gasteiger partial charge is 0.127 e. The van der Waals surface area contributed by atoms with Crippen LogP contribution in [0.25, 0.3) is 0 Å². The fourth-order valence-corrected chi connectivity index (χ4v) is 2.48. The van der Waals surface area contributed by atoms with Gasteiger partial charge in [-0.15, -0.1) is 0 Å². The number of benzene rings is 1. The molecule has 0 bridgehead atoms. The quantitative estimate of drug-likeness (QED) is 0.884. The molecule has 0 amide bonds. The molecule has 0 saturated carbocycles. The maximum absolute atomic E-state index is 13.9. The van der Waals surface area contributed by atoms with Crippen LogP contribution in [0.4, 0.5) is 4.39 Å². The average molecular weight is 266 g/mol. The molecule has 1 aliphatic heterocycles. The molecule has 2 rings (SSSR count). The highest BCUT2D eigenvalue weighted by molar-refractivity contribution is 5.25. The molecule has 1 N–H and O–H groups in total. The van der Waals surface area contributed by atoms with E-state index in [0.717, 1.165) is 43.8 Å². The molecule has 1 aromatic rings. The van der Waals surface area contributed by atoms with Crippen molar-refractivity contribution in [1.29, 1.82) is 0 Å². The first-order chi connectivity index (χ1) is 9.22. The van der Waals surface area contributed by atoms with Crippen LogP contribution in [0.2, 0.25) is 0 Å². The molecule has 0 radical (unpaired) electrons. The van der Waals surface area contributed by atoms with Gasteiger partial charge in [-0.1, -0.05) is 19.1 Å². The molecule has 1 unspecified atom stereocenters. The second-order valence-corrected chi connectivity index (χ2v) is 5.09. The van der Waals surface area contributed by atoms with Crippen molar-refractivity contribution in [3.8, 4) is 0 Å². The van der Waals surface area contributed by atoms with E-state index < -0.39 is 0 Å². The molecule has 1 heterocycles. The Labute approximate surface area is 114 Å². The van der Waals surface area contributed by atoms with Crippen LogP contribution in [0.5, 0.6) is 0 Å². The highest BCUT2D eigenvalue weighted by Crippen LogP contribution is 2.16. The summed E-state index contributed by atoms with van der Waals surface area (Å²) in [5, 5.41) is 3.09. The van der Waals surface area contributed by atoms with Crippen LogP contribution in [0.15, 0.2) is 18.2 Å². The second kappa shape index (κ2) is 6.98. The highest BCUT2D eigenvalue weighted by Gasteiger charge is 2.19. The molecular weight excluding hydrogens is 243 g/mol. The van der Waals surface area contributed by atoms with E-state index in [9.17, 15) is 4.39 Å². The molecule has 0 aliphatic carbocycles. The summed E-state index contributed by atoms with van der Waals surface area (Å²) in [5.41, 5.74) is 1.91. The molecule has 19 heavy (non-hydrogen) atoms. The number of ether oxygens (including phenoxy) is 1. The van der Waals surface area contributed by atoms with Crippen molar-refractivity contribution >= 4 is 0 Å². The van der Waals surface area contributed by atoms with Gasteiger partial charge in [0.1, 0.15) is 5.82 Å². The van der Waals surface area contributed by atoms with E-state index in [-0.39, 0.29) is 11.9 Å². The van der Waals surface area contributed by atoms with E-state index in [1.165, 1.54) is 0 Å². The monoisotopic (exact) mass is 266 g/mol. The lowest BCUT2D eigenvalue weighted by molar-refractivity contribution is -0.0327. The topological polar surface area (TPSA) is 24.5 Å². The fourth-order valence-electron chi connectivity index (χ4n) is 2.48. The second-order valence-electron chi connectivity index (χ2n) is 5.09. The molecule has 1 saturated heterocycles. The van der Waals surface area contributed by atoms with Crippen LogP contribution < -0.4 is 5.32 Å². The minimum absolute atomic E-state index is 0.112. The minimum Gasteiger partial charge on any atom is -0.376 e.